The maximum Gasteiger partial charge on any atom is 0.281 e. The molecule has 0 aliphatic carbocycles. The summed E-state index contributed by atoms with van der Waals surface area (Å²) in [6.07, 6.45) is 6.17. The lowest BCUT2D eigenvalue weighted by Crippen LogP contribution is -2.45. The van der Waals surface area contributed by atoms with Crippen LogP contribution in [0.4, 0.5) is 0 Å². The Morgan fingerprint density at radius 3 is 2.62 bits per heavy atom. The van der Waals surface area contributed by atoms with Crippen molar-refractivity contribution in [1.82, 2.24) is 28.8 Å². The summed E-state index contributed by atoms with van der Waals surface area (Å²) in [5.74, 6) is 0.260. The Balaban J connectivity index is 1.70. The number of hydrogen-bond acceptors (Lipinski definition) is 5. The molecule has 26 heavy (non-hydrogen) atoms. The molecule has 1 fully saturated rings. The summed E-state index contributed by atoms with van der Waals surface area (Å²) in [5.41, 5.74) is 4.56. The fourth-order valence-electron chi connectivity index (χ4n) is 3.45. The van der Waals surface area contributed by atoms with Gasteiger partial charge in [-0.15, -0.1) is 0 Å². The minimum absolute atomic E-state index is 0.260. The smallest absolute Gasteiger partial charge is 0.281 e. The van der Waals surface area contributed by atoms with Crippen molar-refractivity contribution >= 4 is 10.2 Å². The molecule has 0 radical (unpaired) electrons. The van der Waals surface area contributed by atoms with Gasteiger partial charge in [0.15, 0.2) is 0 Å². The van der Waals surface area contributed by atoms with E-state index in [0.717, 1.165) is 47.6 Å². The van der Waals surface area contributed by atoms with Gasteiger partial charge in [-0.2, -0.15) is 22.1 Å². The van der Waals surface area contributed by atoms with Gasteiger partial charge in [-0.1, -0.05) is 0 Å². The first-order valence-corrected chi connectivity index (χ1v) is 10.2. The van der Waals surface area contributed by atoms with Crippen LogP contribution in [-0.4, -0.2) is 64.4 Å². The van der Waals surface area contributed by atoms with Crippen molar-refractivity contribution in [2.45, 2.75) is 33.1 Å². The molecule has 9 heteroatoms. The third kappa shape index (κ3) is 3.79. The van der Waals surface area contributed by atoms with E-state index in [1.54, 1.807) is 30.8 Å². The molecule has 142 valence electrons. The molecule has 2 aromatic rings. The van der Waals surface area contributed by atoms with Gasteiger partial charge in [-0.05, 0) is 39.0 Å². The van der Waals surface area contributed by atoms with Gasteiger partial charge in [-0.3, -0.25) is 15.1 Å². The quantitative estimate of drug-likeness (QED) is 0.852. The summed E-state index contributed by atoms with van der Waals surface area (Å²) in [6, 6.07) is 0. The lowest BCUT2D eigenvalue weighted by atomic mass is 9.95. The number of nitrogens with zero attached hydrogens (tertiary/aromatic N) is 5. The molecule has 0 saturated carbocycles. The largest absolute Gasteiger partial charge is 0.282 e. The first kappa shape index (κ1) is 18.9. The Kier molecular flexibility index (Phi) is 5.40. The van der Waals surface area contributed by atoms with Gasteiger partial charge in [0, 0.05) is 44.6 Å². The van der Waals surface area contributed by atoms with E-state index in [-0.39, 0.29) is 5.92 Å². The Bertz CT molecular complexity index is 840. The highest BCUT2D eigenvalue weighted by atomic mass is 32.2. The van der Waals surface area contributed by atoms with E-state index in [1.165, 1.54) is 4.31 Å². The SMILES string of the molecule is Cc1n[nH]c(C)c1-c1cnc(C[C@@H]2CCCN(S(=O)(=O)N(C)C)C2)cn1. The van der Waals surface area contributed by atoms with Crippen molar-refractivity contribution in [3.05, 3.63) is 29.5 Å². The van der Waals surface area contributed by atoms with Crippen molar-refractivity contribution in [1.29, 1.82) is 0 Å². The molecule has 1 N–H and O–H groups in total. The number of nitrogens with one attached hydrogen (secondary N) is 1. The van der Waals surface area contributed by atoms with Crippen LogP contribution in [0.1, 0.15) is 29.9 Å². The molecular formula is C17H26N6O2S. The molecule has 8 nitrogen and oxygen atoms in total. The predicted octanol–water partition coefficient (Wildman–Crippen LogP) is 1.54. The minimum Gasteiger partial charge on any atom is -0.282 e. The van der Waals surface area contributed by atoms with Crippen molar-refractivity contribution in [2.24, 2.45) is 5.92 Å². The van der Waals surface area contributed by atoms with Crippen LogP contribution < -0.4 is 0 Å². The van der Waals surface area contributed by atoms with Crippen LogP contribution in [0.25, 0.3) is 11.3 Å². The normalized spacial score (nSPS) is 19.2. The van der Waals surface area contributed by atoms with Crippen molar-refractivity contribution in [2.75, 3.05) is 27.2 Å². The molecule has 0 amide bonds. The summed E-state index contributed by atoms with van der Waals surface area (Å²) >= 11 is 0. The lowest BCUT2D eigenvalue weighted by molar-refractivity contribution is 0.253. The summed E-state index contributed by atoms with van der Waals surface area (Å²) in [4.78, 5) is 9.09. The van der Waals surface area contributed by atoms with Crippen LogP contribution in [0, 0.1) is 19.8 Å². The van der Waals surface area contributed by atoms with Crippen molar-refractivity contribution in [3.63, 3.8) is 0 Å². The van der Waals surface area contributed by atoms with Crippen molar-refractivity contribution in [3.8, 4) is 11.3 Å². The zero-order chi connectivity index (χ0) is 18.9. The number of hydrogen-bond donors (Lipinski definition) is 1. The Labute approximate surface area is 154 Å². The maximum atomic E-state index is 12.3. The molecule has 1 atom stereocenters. The van der Waals surface area contributed by atoms with Gasteiger partial charge in [0.25, 0.3) is 10.2 Å². The third-order valence-corrected chi connectivity index (χ3v) is 6.76. The average molecular weight is 379 g/mol. The van der Waals surface area contributed by atoms with Crippen molar-refractivity contribution < 1.29 is 8.42 Å². The minimum atomic E-state index is -3.35. The Hall–Kier alpha value is -1.84. The molecule has 0 bridgehead atoms. The molecule has 3 heterocycles. The van der Waals surface area contributed by atoms with Crippen LogP contribution in [0.2, 0.25) is 0 Å². The summed E-state index contributed by atoms with van der Waals surface area (Å²) in [7, 11) is -0.206. The zero-order valence-corrected chi connectivity index (χ0v) is 16.5. The second kappa shape index (κ2) is 7.42. The fraction of sp³-hybridized carbons (Fsp3) is 0.588. The highest BCUT2D eigenvalue weighted by molar-refractivity contribution is 7.86. The van der Waals surface area contributed by atoms with Gasteiger partial charge >= 0.3 is 0 Å². The standard InChI is InChI=1S/C17H26N6O2S/c1-12-17(13(2)21-20-12)16-10-18-15(9-19-16)8-14-6-5-7-23(11-14)26(24,25)22(3)4/h9-10,14H,5-8,11H2,1-4H3,(H,20,21)/t14-/m0/s1. The van der Waals surface area contributed by atoms with Gasteiger partial charge in [-0.25, -0.2) is 0 Å². The molecule has 1 saturated heterocycles. The van der Waals surface area contributed by atoms with Crippen LogP contribution in [0.15, 0.2) is 12.4 Å². The highest BCUT2D eigenvalue weighted by Crippen LogP contribution is 2.25. The monoisotopic (exact) mass is 378 g/mol. The van der Waals surface area contributed by atoms with Gasteiger partial charge in [0.05, 0.1) is 23.3 Å². The lowest BCUT2D eigenvalue weighted by Gasteiger charge is -2.33. The number of aryl methyl sites for hydroxylation is 2. The second-order valence-electron chi connectivity index (χ2n) is 7.06. The van der Waals surface area contributed by atoms with E-state index in [9.17, 15) is 8.42 Å². The van der Waals surface area contributed by atoms with Gasteiger partial charge in [0.2, 0.25) is 0 Å². The van der Waals surface area contributed by atoms with Crippen LogP contribution in [-0.2, 0) is 16.6 Å². The summed E-state index contributed by atoms with van der Waals surface area (Å²) < 4.78 is 27.5. The van der Waals surface area contributed by atoms with Gasteiger partial charge < -0.3 is 0 Å². The maximum absolute atomic E-state index is 12.3. The fourth-order valence-corrected chi connectivity index (χ4v) is 4.67. The average Bonchev–Trinajstić information content (AvgIpc) is 2.94. The topological polar surface area (TPSA) is 95.1 Å². The molecule has 1 aliphatic heterocycles. The van der Waals surface area contributed by atoms with Gasteiger partial charge in [0.1, 0.15) is 0 Å². The van der Waals surface area contributed by atoms with Crippen LogP contribution >= 0.6 is 0 Å². The number of H-pyrrole nitrogens is 1. The van der Waals surface area contributed by atoms with E-state index < -0.39 is 10.2 Å². The second-order valence-corrected chi connectivity index (χ2v) is 9.20. The van der Waals surface area contributed by atoms with E-state index in [4.69, 9.17) is 0 Å². The first-order valence-electron chi connectivity index (χ1n) is 8.79. The summed E-state index contributed by atoms with van der Waals surface area (Å²) in [6.45, 7) is 5.02. The number of piperidine rings is 1. The van der Waals surface area contributed by atoms with E-state index >= 15 is 0 Å². The number of aromatic amines is 1. The third-order valence-electron chi connectivity index (χ3n) is 4.86. The highest BCUT2D eigenvalue weighted by Gasteiger charge is 2.30. The molecular weight excluding hydrogens is 352 g/mol. The van der Waals surface area contributed by atoms with Crippen LogP contribution in [0.3, 0.4) is 0 Å². The zero-order valence-electron chi connectivity index (χ0n) is 15.7. The van der Waals surface area contributed by atoms with E-state index in [2.05, 4.69) is 20.2 Å². The number of rotatable bonds is 5. The summed E-state index contributed by atoms with van der Waals surface area (Å²) in [5, 5.41) is 7.15. The Morgan fingerprint density at radius 1 is 1.27 bits per heavy atom. The van der Waals surface area contributed by atoms with Crippen LogP contribution in [0.5, 0.6) is 0 Å². The molecule has 0 unspecified atom stereocenters. The van der Waals surface area contributed by atoms with E-state index in [0.29, 0.717) is 13.1 Å². The molecule has 1 aliphatic rings. The predicted molar refractivity (Wildman–Crippen MR) is 99.7 cm³/mol. The molecule has 3 rings (SSSR count). The number of aromatic nitrogens is 4. The molecule has 2 aromatic heterocycles. The first-order chi connectivity index (χ1) is 12.3. The molecule has 0 spiro atoms. The Morgan fingerprint density at radius 2 is 2.04 bits per heavy atom. The van der Waals surface area contributed by atoms with E-state index in [1.807, 2.05) is 13.8 Å². The molecule has 0 aromatic carbocycles.